The summed E-state index contributed by atoms with van der Waals surface area (Å²) in [6, 6.07) is 5.89. The predicted molar refractivity (Wildman–Crippen MR) is 120 cm³/mol. The molecule has 9 heteroatoms. The molecule has 0 aromatic carbocycles. The van der Waals surface area contributed by atoms with Gasteiger partial charge in [0.15, 0.2) is 11.6 Å². The summed E-state index contributed by atoms with van der Waals surface area (Å²) in [5.74, 6) is 1.61. The van der Waals surface area contributed by atoms with Crippen LogP contribution in [0.25, 0.3) is 10.9 Å². The molecule has 3 aromatic rings. The van der Waals surface area contributed by atoms with E-state index in [4.69, 9.17) is 9.47 Å². The summed E-state index contributed by atoms with van der Waals surface area (Å²) in [6.45, 7) is 2.56. The number of methoxy groups -OCH3 is 1. The largest absolute Gasteiger partial charge is 0.446 e. The summed E-state index contributed by atoms with van der Waals surface area (Å²) in [6.07, 6.45) is 7.79. The van der Waals surface area contributed by atoms with Gasteiger partial charge in [0.2, 0.25) is 0 Å². The summed E-state index contributed by atoms with van der Waals surface area (Å²) in [5, 5.41) is 14.8. The molecule has 32 heavy (non-hydrogen) atoms. The standard InChI is InChI=1S/C23H28N6O3/c1-23(7-8-23)27-22(30)32-16-4-3-14(11-16)18-12-19(29-28-18)26-21-20-17(6-10-25-21)15(13-31-2)5-9-24-20/h5-6,9-10,12,14,16H,3-4,7-8,11,13H2,1-2H3,(H,27,30)(H2,25,26,28,29). The first-order valence-electron chi connectivity index (χ1n) is 11.1. The van der Waals surface area contributed by atoms with Crippen LogP contribution in [0.1, 0.15) is 56.2 Å². The van der Waals surface area contributed by atoms with Gasteiger partial charge in [-0.15, -0.1) is 0 Å². The lowest BCUT2D eigenvalue weighted by atomic mass is 10.0. The Morgan fingerprint density at radius 3 is 2.91 bits per heavy atom. The van der Waals surface area contributed by atoms with E-state index in [1.807, 2.05) is 25.1 Å². The summed E-state index contributed by atoms with van der Waals surface area (Å²) < 4.78 is 10.9. The molecule has 2 saturated carbocycles. The smallest absolute Gasteiger partial charge is 0.407 e. The van der Waals surface area contributed by atoms with Gasteiger partial charge in [0.25, 0.3) is 0 Å². The third-order valence-electron chi connectivity index (χ3n) is 6.40. The van der Waals surface area contributed by atoms with Crippen molar-refractivity contribution in [1.29, 1.82) is 0 Å². The van der Waals surface area contributed by atoms with E-state index in [-0.39, 0.29) is 23.7 Å². The van der Waals surface area contributed by atoms with Crippen LogP contribution in [0.4, 0.5) is 16.4 Å². The van der Waals surface area contributed by atoms with Gasteiger partial charge in [0, 0.05) is 48.1 Å². The van der Waals surface area contributed by atoms with Crippen molar-refractivity contribution in [2.75, 3.05) is 12.4 Å². The molecule has 2 unspecified atom stereocenters. The summed E-state index contributed by atoms with van der Waals surface area (Å²) >= 11 is 0. The molecule has 168 valence electrons. The van der Waals surface area contributed by atoms with Gasteiger partial charge in [0.05, 0.1) is 6.61 Å². The highest BCUT2D eigenvalue weighted by atomic mass is 16.6. The molecule has 9 nitrogen and oxygen atoms in total. The first kappa shape index (κ1) is 20.7. The van der Waals surface area contributed by atoms with Crippen molar-refractivity contribution in [3.63, 3.8) is 0 Å². The number of H-pyrrole nitrogens is 1. The number of amides is 1. The van der Waals surface area contributed by atoms with Crippen molar-refractivity contribution in [3.05, 3.63) is 41.9 Å². The van der Waals surface area contributed by atoms with E-state index in [2.05, 4.69) is 30.8 Å². The number of hydrogen-bond donors (Lipinski definition) is 3. The molecule has 1 amide bonds. The first-order valence-corrected chi connectivity index (χ1v) is 11.1. The molecule has 2 atom stereocenters. The van der Waals surface area contributed by atoms with Crippen molar-refractivity contribution >= 4 is 28.6 Å². The van der Waals surface area contributed by atoms with Gasteiger partial charge in [-0.3, -0.25) is 10.1 Å². The average Bonchev–Trinajstić information content (AvgIpc) is 3.15. The molecule has 2 fully saturated rings. The van der Waals surface area contributed by atoms with Gasteiger partial charge in [-0.25, -0.2) is 9.78 Å². The summed E-state index contributed by atoms with van der Waals surface area (Å²) in [5.41, 5.74) is 2.80. The van der Waals surface area contributed by atoms with E-state index >= 15 is 0 Å². The molecular weight excluding hydrogens is 408 g/mol. The number of alkyl carbamates (subject to hydrolysis) is 1. The highest BCUT2D eigenvalue weighted by Crippen LogP contribution is 2.37. The lowest BCUT2D eigenvalue weighted by Gasteiger charge is -2.16. The third kappa shape index (κ3) is 4.38. The zero-order valence-electron chi connectivity index (χ0n) is 18.4. The molecule has 0 spiro atoms. The van der Waals surface area contributed by atoms with Crippen LogP contribution in [0.15, 0.2) is 30.6 Å². The van der Waals surface area contributed by atoms with Crippen LogP contribution in [0.2, 0.25) is 0 Å². The lowest BCUT2D eigenvalue weighted by Crippen LogP contribution is -2.36. The number of anilines is 2. The number of hydrogen-bond acceptors (Lipinski definition) is 7. The maximum Gasteiger partial charge on any atom is 0.407 e. The molecule has 3 N–H and O–H groups in total. The van der Waals surface area contributed by atoms with Crippen LogP contribution < -0.4 is 10.6 Å². The Balaban J connectivity index is 1.24. The van der Waals surface area contributed by atoms with Gasteiger partial charge < -0.3 is 20.1 Å². The maximum absolute atomic E-state index is 12.1. The Labute approximate surface area is 186 Å². The predicted octanol–water partition coefficient (Wildman–Crippen LogP) is 4.16. The van der Waals surface area contributed by atoms with Gasteiger partial charge in [-0.05, 0) is 56.7 Å². The van der Waals surface area contributed by atoms with Crippen molar-refractivity contribution in [2.45, 2.75) is 63.2 Å². The minimum Gasteiger partial charge on any atom is -0.446 e. The molecule has 5 rings (SSSR count). The van der Waals surface area contributed by atoms with Crippen molar-refractivity contribution in [2.24, 2.45) is 0 Å². The van der Waals surface area contributed by atoms with Crippen LogP contribution in [0.5, 0.6) is 0 Å². The number of aromatic nitrogens is 4. The van der Waals surface area contributed by atoms with E-state index in [0.717, 1.165) is 54.3 Å². The second-order valence-corrected chi connectivity index (χ2v) is 9.02. The van der Waals surface area contributed by atoms with Crippen LogP contribution in [0, 0.1) is 0 Å². The maximum atomic E-state index is 12.1. The number of carbonyl (C=O) groups excluding carboxylic acids is 1. The number of pyridine rings is 2. The van der Waals surface area contributed by atoms with Gasteiger partial charge >= 0.3 is 6.09 Å². The lowest BCUT2D eigenvalue weighted by molar-refractivity contribution is 0.0967. The zero-order chi connectivity index (χ0) is 22.1. The number of carbonyl (C=O) groups is 1. The fourth-order valence-corrected chi connectivity index (χ4v) is 4.31. The number of fused-ring (bicyclic) bond motifs is 1. The molecule has 0 saturated heterocycles. The summed E-state index contributed by atoms with van der Waals surface area (Å²) in [4.78, 5) is 21.0. The number of nitrogens with zero attached hydrogens (tertiary/aromatic N) is 3. The molecule has 0 radical (unpaired) electrons. The highest BCUT2D eigenvalue weighted by Gasteiger charge is 2.40. The normalized spacial score (nSPS) is 21.4. The second kappa shape index (κ2) is 8.38. The van der Waals surface area contributed by atoms with Crippen molar-refractivity contribution in [1.82, 2.24) is 25.5 Å². The Morgan fingerprint density at radius 2 is 2.09 bits per heavy atom. The summed E-state index contributed by atoms with van der Waals surface area (Å²) in [7, 11) is 1.68. The molecule has 2 aliphatic rings. The van der Waals surface area contributed by atoms with Gasteiger partial charge in [-0.1, -0.05) is 0 Å². The molecular formula is C23H28N6O3. The van der Waals surface area contributed by atoms with Crippen LogP contribution in [0.3, 0.4) is 0 Å². The highest BCUT2D eigenvalue weighted by molar-refractivity contribution is 5.91. The van der Waals surface area contributed by atoms with E-state index in [1.54, 1.807) is 19.5 Å². The van der Waals surface area contributed by atoms with Crippen LogP contribution >= 0.6 is 0 Å². The quantitative estimate of drug-likeness (QED) is 0.509. The number of rotatable bonds is 7. The SMILES string of the molecule is COCc1ccnc2c(Nc3cc(C4CCC(OC(=O)NC5(C)CC5)C4)[nH]n3)nccc12. The minimum absolute atomic E-state index is 0.0616. The Kier molecular flexibility index (Phi) is 5.42. The van der Waals surface area contributed by atoms with Crippen LogP contribution in [-0.2, 0) is 16.1 Å². The van der Waals surface area contributed by atoms with Crippen LogP contribution in [-0.4, -0.2) is 45.0 Å². The zero-order valence-corrected chi connectivity index (χ0v) is 18.4. The van der Waals surface area contributed by atoms with Crippen molar-refractivity contribution < 1.29 is 14.3 Å². The minimum atomic E-state index is -0.301. The second-order valence-electron chi connectivity index (χ2n) is 9.02. The van der Waals surface area contributed by atoms with E-state index < -0.39 is 0 Å². The third-order valence-corrected chi connectivity index (χ3v) is 6.40. The fourth-order valence-electron chi connectivity index (χ4n) is 4.31. The Hall–Kier alpha value is -3.20. The molecule has 0 bridgehead atoms. The average molecular weight is 437 g/mol. The molecule has 3 aromatic heterocycles. The number of aromatic amines is 1. The fraction of sp³-hybridized carbons (Fsp3) is 0.478. The number of ether oxygens (including phenoxy) is 2. The molecule has 3 heterocycles. The van der Waals surface area contributed by atoms with E-state index in [9.17, 15) is 4.79 Å². The topological polar surface area (TPSA) is 114 Å². The first-order chi connectivity index (χ1) is 15.5. The van der Waals surface area contributed by atoms with Crippen molar-refractivity contribution in [3.8, 4) is 0 Å². The van der Waals surface area contributed by atoms with Gasteiger partial charge in [-0.2, -0.15) is 5.10 Å². The number of nitrogens with one attached hydrogen (secondary N) is 3. The van der Waals surface area contributed by atoms with E-state index in [0.29, 0.717) is 18.2 Å². The monoisotopic (exact) mass is 436 g/mol. The van der Waals surface area contributed by atoms with Gasteiger partial charge in [0.1, 0.15) is 11.6 Å². The molecule has 0 aliphatic heterocycles. The Bertz CT molecular complexity index is 1130. The van der Waals surface area contributed by atoms with E-state index in [1.165, 1.54) is 0 Å². The Morgan fingerprint density at radius 1 is 1.25 bits per heavy atom. The molecule has 2 aliphatic carbocycles.